The number of hydrogen-bond donors (Lipinski definition) is 0. The van der Waals surface area contributed by atoms with Crippen molar-refractivity contribution in [3.63, 3.8) is 0 Å². The van der Waals surface area contributed by atoms with Crippen molar-refractivity contribution in [1.82, 2.24) is 19.2 Å². The number of aromatic nitrogens is 3. The highest BCUT2D eigenvalue weighted by Gasteiger charge is 2.28. The lowest BCUT2D eigenvalue weighted by atomic mass is 9.95. The van der Waals surface area contributed by atoms with E-state index in [2.05, 4.69) is 5.10 Å². The summed E-state index contributed by atoms with van der Waals surface area (Å²) >= 11 is 0. The van der Waals surface area contributed by atoms with Gasteiger partial charge >= 0.3 is 5.69 Å². The topological polar surface area (TPSA) is 87.8 Å². The molecule has 0 spiro atoms. The maximum absolute atomic E-state index is 12.8. The molecule has 1 aromatic carbocycles. The lowest BCUT2D eigenvalue weighted by Gasteiger charge is -2.31. The molecule has 0 radical (unpaired) electrons. The first-order valence-corrected chi connectivity index (χ1v) is 10.7. The minimum atomic E-state index is -0.0958. The maximum atomic E-state index is 12.8. The highest BCUT2D eigenvalue weighted by molar-refractivity contribution is 5.79. The van der Waals surface area contributed by atoms with E-state index in [0.29, 0.717) is 50.7 Å². The highest BCUT2D eigenvalue weighted by Crippen LogP contribution is 2.29. The van der Waals surface area contributed by atoms with Gasteiger partial charge in [-0.25, -0.2) is 9.48 Å². The Hall–Kier alpha value is -2.81. The molecule has 2 heterocycles. The van der Waals surface area contributed by atoms with Crippen LogP contribution in [0.5, 0.6) is 11.5 Å². The van der Waals surface area contributed by atoms with Gasteiger partial charge in [0.1, 0.15) is 5.82 Å². The predicted octanol–water partition coefficient (Wildman–Crippen LogP) is 1.68. The number of carbonyl (C=O) groups is 1. The molecular formula is C22H32N4O5. The summed E-state index contributed by atoms with van der Waals surface area (Å²) in [4.78, 5) is 27.3. The van der Waals surface area contributed by atoms with Crippen LogP contribution in [0.2, 0.25) is 0 Å². The Morgan fingerprint density at radius 1 is 1.13 bits per heavy atom. The fourth-order valence-electron chi connectivity index (χ4n) is 4.04. The van der Waals surface area contributed by atoms with Gasteiger partial charge in [0.2, 0.25) is 5.91 Å². The van der Waals surface area contributed by atoms with E-state index in [9.17, 15) is 9.59 Å². The SMILES string of the molecule is CCn1c(C2CCN(C(=O)Cc3ccc(OC)c(OC)c3)CC2)nn(CCOC)c1=O. The molecule has 31 heavy (non-hydrogen) atoms. The van der Waals surface area contributed by atoms with Gasteiger partial charge in [0.25, 0.3) is 0 Å². The Bertz CT molecular complexity index is 944. The first kappa shape index (κ1) is 22.9. The molecule has 0 aliphatic carbocycles. The van der Waals surface area contributed by atoms with Gasteiger partial charge in [-0.2, -0.15) is 5.10 Å². The van der Waals surface area contributed by atoms with E-state index in [1.54, 1.807) is 25.9 Å². The summed E-state index contributed by atoms with van der Waals surface area (Å²) in [5, 5.41) is 4.57. The summed E-state index contributed by atoms with van der Waals surface area (Å²) < 4.78 is 18.9. The Balaban J connectivity index is 1.63. The van der Waals surface area contributed by atoms with Crippen molar-refractivity contribution in [2.75, 3.05) is 41.0 Å². The second-order valence-corrected chi connectivity index (χ2v) is 7.62. The van der Waals surface area contributed by atoms with Crippen molar-refractivity contribution in [1.29, 1.82) is 0 Å². The molecule has 1 aromatic heterocycles. The van der Waals surface area contributed by atoms with Crippen LogP contribution in [0.1, 0.15) is 37.1 Å². The van der Waals surface area contributed by atoms with Crippen LogP contribution in [-0.4, -0.2) is 66.2 Å². The van der Waals surface area contributed by atoms with Crippen molar-refractivity contribution < 1.29 is 19.0 Å². The van der Waals surface area contributed by atoms with Gasteiger partial charge in [0.05, 0.1) is 33.8 Å². The Kier molecular flexibility index (Phi) is 7.73. The maximum Gasteiger partial charge on any atom is 0.345 e. The van der Waals surface area contributed by atoms with Gasteiger partial charge in [-0.05, 0) is 37.5 Å². The van der Waals surface area contributed by atoms with Crippen LogP contribution in [0.15, 0.2) is 23.0 Å². The molecule has 0 atom stereocenters. The minimum absolute atomic E-state index is 0.0872. The zero-order chi connectivity index (χ0) is 22.4. The number of amides is 1. The van der Waals surface area contributed by atoms with E-state index >= 15 is 0 Å². The molecule has 0 N–H and O–H groups in total. The fourth-order valence-corrected chi connectivity index (χ4v) is 4.04. The Labute approximate surface area is 182 Å². The van der Waals surface area contributed by atoms with E-state index in [1.165, 1.54) is 4.68 Å². The Morgan fingerprint density at radius 2 is 1.84 bits per heavy atom. The third kappa shape index (κ3) is 5.10. The molecule has 1 aliphatic heterocycles. The smallest absolute Gasteiger partial charge is 0.345 e. The van der Waals surface area contributed by atoms with Crippen molar-refractivity contribution in [2.45, 2.75) is 45.2 Å². The number of benzene rings is 1. The lowest BCUT2D eigenvalue weighted by molar-refractivity contribution is -0.131. The summed E-state index contributed by atoms with van der Waals surface area (Å²) in [6, 6.07) is 5.55. The van der Waals surface area contributed by atoms with E-state index in [0.717, 1.165) is 24.2 Å². The number of methoxy groups -OCH3 is 3. The van der Waals surface area contributed by atoms with Crippen molar-refractivity contribution in [3.8, 4) is 11.5 Å². The third-order valence-electron chi connectivity index (χ3n) is 5.79. The first-order valence-electron chi connectivity index (χ1n) is 10.7. The van der Waals surface area contributed by atoms with Crippen LogP contribution >= 0.6 is 0 Å². The van der Waals surface area contributed by atoms with E-state index < -0.39 is 0 Å². The number of hydrogen-bond acceptors (Lipinski definition) is 6. The van der Waals surface area contributed by atoms with Gasteiger partial charge in [0, 0.05) is 32.7 Å². The summed E-state index contributed by atoms with van der Waals surface area (Å²) in [7, 11) is 4.78. The number of likely N-dealkylation sites (tertiary alicyclic amines) is 1. The summed E-state index contributed by atoms with van der Waals surface area (Å²) in [5.41, 5.74) is 0.794. The molecule has 1 saturated heterocycles. The average molecular weight is 433 g/mol. The largest absolute Gasteiger partial charge is 0.493 e. The molecule has 170 valence electrons. The quantitative estimate of drug-likeness (QED) is 0.599. The summed E-state index contributed by atoms with van der Waals surface area (Å²) in [6.07, 6.45) is 1.90. The monoisotopic (exact) mass is 432 g/mol. The van der Waals surface area contributed by atoms with Crippen LogP contribution < -0.4 is 15.2 Å². The molecule has 9 nitrogen and oxygen atoms in total. The number of rotatable bonds is 9. The standard InChI is InChI=1S/C22H32N4O5/c1-5-25-21(23-26(22(25)28)12-13-29-2)17-8-10-24(11-9-17)20(27)15-16-6-7-18(30-3)19(14-16)31-4/h6-7,14,17H,5,8-13,15H2,1-4H3. The first-order chi connectivity index (χ1) is 15.0. The number of carbonyl (C=O) groups excluding carboxylic acids is 1. The third-order valence-corrected chi connectivity index (χ3v) is 5.79. The van der Waals surface area contributed by atoms with Crippen LogP contribution in [0.25, 0.3) is 0 Å². The number of ether oxygens (including phenoxy) is 3. The molecule has 0 bridgehead atoms. The van der Waals surface area contributed by atoms with E-state index in [-0.39, 0.29) is 17.5 Å². The van der Waals surface area contributed by atoms with Crippen molar-refractivity contribution in [2.24, 2.45) is 0 Å². The minimum Gasteiger partial charge on any atom is -0.493 e. The van der Waals surface area contributed by atoms with Gasteiger partial charge in [-0.3, -0.25) is 9.36 Å². The zero-order valence-electron chi connectivity index (χ0n) is 18.8. The molecular weight excluding hydrogens is 400 g/mol. The zero-order valence-corrected chi connectivity index (χ0v) is 18.8. The normalized spacial score (nSPS) is 14.6. The van der Waals surface area contributed by atoms with Gasteiger partial charge in [0.15, 0.2) is 11.5 Å². The van der Waals surface area contributed by atoms with Gasteiger partial charge in [-0.15, -0.1) is 0 Å². The van der Waals surface area contributed by atoms with E-state index in [1.807, 2.05) is 30.0 Å². The molecule has 0 unspecified atom stereocenters. The number of piperidine rings is 1. The molecule has 2 aromatic rings. The Morgan fingerprint density at radius 3 is 2.45 bits per heavy atom. The molecule has 0 saturated carbocycles. The molecule has 1 amide bonds. The second-order valence-electron chi connectivity index (χ2n) is 7.62. The van der Waals surface area contributed by atoms with Crippen molar-refractivity contribution in [3.05, 3.63) is 40.1 Å². The average Bonchev–Trinajstić information content (AvgIpc) is 3.12. The van der Waals surface area contributed by atoms with Crippen LogP contribution in [0.4, 0.5) is 0 Å². The summed E-state index contributed by atoms with van der Waals surface area (Å²) in [5.74, 6) is 2.33. The van der Waals surface area contributed by atoms with Crippen LogP contribution in [0.3, 0.4) is 0 Å². The molecule has 1 fully saturated rings. The predicted molar refractivity (Wildman–Crippen MR) is 116 cm³/mol. The molecule has 3 rings (SSSR count). The van der Waals surface area contributed by atoms with Crippen LogP contribution in [-0.2, 0) is 29.0 Å². The van der Waals surface area contributed by atoms with Crippen LogP contribution in [0, 0.1) is 0 Å². The molecule has 9 heteroatoms. The van der Waals surface area contributed by atoms with Crippen molar-refractivity contribution >= 4 is 5.91 Å². The van der Waals surface area contributed by atoms with Gasteiger partial charge in [-0.1, -0.05) is 6.07 Å². The summed E-state index contributed by atoms with van der Waals surface area (Å²) in [6.45, 7) is 4.73. The lowest BCUT2D eigenvalue weighted by Crippen LogP contribution is -2.39. The molecule has 1 aliphatic rings. The number of nitrogens with zero attached hydrogens (tertiary/aromatic N) is 4. The van der Waals surface area contributed by atoms with Gasteiger partial charge < -0.3 is 19.1 Å². The van der Waals surface area contributed by atoms with E-state index in [4.69, 9.17) is 14.2 Å². The highest BCUT2D eigenvalue weighted by atomic mass is 16.5. The second kappa shape index (κ2) is 10.5. The fraction of sp³-hybridized carbons (Fsp3) is 0.591.